The molecule has 0 aromatic heterocycles. The smallest absolute Gasteiger partial charge is 0.295 e. The molecule has 2 aliphatic rings. The van der Waals surface area contributed by atoms with Crippen molar-refractivity contribution in [3.05, 3.63) is 52.6 Å². The van der Waals surface area contributed by atoms with Gasteiger partial charge in [-0.15, -0.1) is 0 Å². The van der Waals surface area contributed by atoms with Crippen LogP contribution in [0.2, 0.25) is 0 Å². The Labute approximate surface area is 217 Å². The molecule has 9 heteroatoms. The van der Waals surface area contributed by atoms with Crippen LogP contribution in [0.5, 0.6) is 23.0 Å². The van der Waals surface area contributed by atoms with E-state index in [1.807, 2.05) is 19.9 Å². The summed E-state index contributed by atoms with van der Waals surface area (Å²) in [6.45, 7) is 7.18. The first-order chi connectivity index (χ1) is 17.9. The van der Waals surface area contributed by atoms with E-state index in [4.69, 9.17) is 18.9 Å². The number of methoxy groups -OCH3 is 3. The van der Waals surface area contributed by atoms with Gasteiger partial charge in [-0.05, 0) is 54.5 Å². The van der Waals surface area contributed by atoms with Crippen LogP contribution < -0.4 is 18.9 Å². The lowest BCUT2D eigenvalue weighted by molar-refractivity contribution is -0.140. The van der Waals surface area contributed by atoms with Gasteiger partial charge in [0.2, 0.25) is 5.75 Å². The molecule has 1 fully saturated rings. The van der Waals surface area contributed by atoms with Crippen LogP contribution in [-0.4, -0.2) is 80.7 Å². The standard InChI is InChI=1S/C28H34N2O7/c1-6-29(7-2)11-12-30-24(19-15-21(34-3)27(36-5)22(16-19)35-4)23(26(32)28(30)33)25(31)18-8-9-20-17(14-18)10-13-37-20/h8-9,14-16,24,31H,6-7,10-13H2,1-5H3/b25-23+. The highest BCUT2D eigenvalue weighted by Crippen LogP contribution is 2.46. The number of likely N-dealkylation sites (N-methyl/N-ethyl adjacent to an activating group) is 1. The predicted octanol–water partition coefficient (Wildman–Crippen LogP) is 3.41. The number of ketones is 1. The van der Waals surface area contributed by atoms with Crippen molar-refractivity contribution in [2.24, 2.45) is 0 Å². The zero-order valence-electron chi connectivity index (χ0n) is 22.0. The zero-order chi connectivity index (χ0) is 26.7. The number of carbonyl (C=O) groups is 2. The molecule has 0 bridgehead atoms. The second-order valence-electron chi connectivity index (χ2n) is 8.90. The minimum Gasteiger partial charge on any atom is -0.507 e. The molecule has 1 atom stereocenters. The Bertz CT molecular complexity index is 1190. The molecule has 1 amide bonds. The lowest BCUT2D eigenvalue weighted by Gasteiger charge is -2.29. The minimum absolute atomic E-state index is 0.0256. The van der Waals surface area contributed by atoms with Crippen LogP contribution in [0.1, 0.15) is 36.6 Å². The van der Waals surface area contributed by atoms with Crippen molar-refractivity contribution in [1.82, 2.24) is 9.80 Å². The highest BCUT2D eigenvalue weighted by Gasteiger charge is 2.46. The topological polar surface area (TPSA) is 97.8 Å². The number of likely N-dealkylation sites (tertiary alicyclic amines) is 1. The molecule has 0 spiro atoms. The third-order valence-electron chi connectivity index (χ3n) is 7.06. The lowest BCUT2D eigenvalue weighted by atomic mass is 9.94. The fraction of sp³-hybridized carbons (Fsp3) is 0.429. The van der Waals surface area contributed by atoms with Crippen LogP contribution in [0.15, 0.2) is 35.9 Å². The van der Waals surface area contributed by atoms with Gasteiger partial charge < -0.3 is 33.9 Å². The number of aliphatic hydroxyl groups excluding tert-OH is 1. The summed E-state index contributed by atoms with van der Waals surface area (Å²) in [6.07, 6.45) is 0.713. The summed E-state index contributed by atoms with van der Waals surface area (Å²) in [7, 11) is 4.52. The molecule has 1 saturated heterocycles. The van der Waals surface area contributed by atoms with Gasteiger partial charge in [0.1, 0.15) is 11.5 Å². The Morgan fingerprint density at radius 1 is 1.05 bits per heavy atom. The van der Waals surface area contributed by atoms with Gasteiger partial charge in [-0.25, -0.2) is 0 Å². The molecule has 37 heavy (non-hydrogen) atoms. The van der Waals surface area contributed by atoms with E-state index >= 15 is 0 Å². The first-order valence-corrected chi connectivity index (χ1v) is 12.4. The van der Waals surface area contributed by atoms with Crippen molar-refractivity contribution in [1.29, 1.82) is 0 Å². The molecule has 2 aliphatic heterocycles. The van der Waals surface area contributed by atoms with Crippen LogP contribution in [0.25, 0.3) is 5.76 Å². The van der Waals surface area contributed by atoms with Crippen molar-refractivity contribution >= 4 is 17.4 Å². The van der Waals surface area contributed by atoms with Gasteiger partial charge in [-0.1, -0.05) is 13.8 Å². The fourth-order valence-electron chi connectivity index (χ4n) is 4.99. The number of hydrogen-bond acceptors (Lipinski definition) is 8. The first-order valence-electron chi connectivity index (χ1n) is 12.4. The second kappa shape index (κ2) is 11.1. The van der Waals surface area contributed by atoms with E-state index in [9.17, 15) is 14.7 Å². The maximum atomic E-state index is 13.4. The average Bonchev–Trinajstić information content (AvgIpc) is 3.49. The number of Topliss-reactive ketones (excluding diaryl/α,β-unsaturated/α-hetero) is 1. The Morgan fingerprint density at radius 2 is 1.73 bits per heavy atom. The molecule has 4 rings (SSSR count). The van der Waals surface area contributed by atoms with Crippen molar-refractivity contribution in [3.8, 4) is 23.0 Å². The fourth-order valence-corrected chi connectivity index (χ4v) is 4.99. The Balaban J connectivity index is 1.88. The second-order valence-corrected chi connectivity index (χ2v) is 8.90. The van der Waals surface area contributed by atoms with E-state index < -0.39 is 17.7 Å². The van der Waals surface area contributed by atoms with Crippen LogP contribution >= 0.6 is 0 Å². The predicted molar refractivity (Wildman–Crippen MR) is 139 cm³/mol. The van der Waals surface area contributed by atoms with Crippen molar-refractivity contribution in [3.63, 3.8) is 0 Å². The van der Waals surface area contributed by atoms with Gasteiger partial charge in [-0.2, -0.15) is 0 Å². The van der Waals surface area contributed by atoms with Gasteiger partial charge in [-0.3, -0.25) is 9.59 Å². The third kappa shape index (κ3) is 4.83. The summed E-state index contributed by atoms with van der Waals surface area (Å²) in [5.74, 6) is 0.327. The molecular weight excluding hydrogens is 476 g/mol. The molecule has 1 N–H and O–H groups in total. The number of hydrogen-bond donors (Lipinski definition) is 1. The van der Waals surface area contributed by atoms with Gasteiger partial charge in [0.25, 0.3) is 11.7 Å². The van der Waals surface area contributed by atoms with Crippen LogP contribution in [-0.2, 0) is 16.0 Å². The van der Waals surface area contributed by atoms with Gasteiger partial charge in [0, 0.05) is 25.1 Å². The number of ether oxygens (including phenoxy) is 4. The Morgan fingerprint density at radius 3 is 2.32 bits per heavy atom. The maximum absolute atomic E-state index is 13.4. The number of aliphatic hydroxyl groups is 1. The van der Waals surface area contributed by atoms with Crippen LogP contribution in [0.4, 0.5) is 0 Å². The summed E-state index contributed by atoms with van der Waals surface area (Å²) in [4.78, 5) is 30.5. The molecule has 198 valence electrons. The monoisotopic (exact) mass is 510 g/mol. The van der Waals surface area contributed by atoms with Gasteiger partial charge in [0.15, 0.2) is 11.5 Å². The number of fused-ring (bicyclic) bond motifs is 1. The van der Waals surface area contributed by atoms with Crippen LogP contribution in [0.3, 0.4) is 0 Å². The summed E-state index contributed by atoms with van der Waals surface area (Å²) >= 11 is 0. The lowest BCUT2D eigenvalue weighted by Crippen LogP contribution is -2.38. The molecule has 2 heterocycles. The quantitative estimate of drug-likeness (QED) is 0.295. The number of carbonyl (C=O) groups excluding carboxylic acids is 2. The molecule has 0 aliphatic carbocycles. The maximum Gasteiger partial charge on any atom is 0.295 e. The Hall–Kier alpha value is -3.72. The van der Waals surface area contributed by atoms with E-state index in [2.05, 4.69) is 4.90 Å². The normalized spacial score (nSPS) is 18.2. The molecular formula is C28H34N2O7. The Kier molecular flexibility index (Phi) is 7.92. The SMILES string of the molecule is CCN(CC)CCN1C(=O)C(=O)/C(=C(/O)c2ccc3c(c2)CCO3)C1c1cc(OC)c(OC)c(OC)c1. The highest BCUT2D eigenvalue weighted by molar-refractivity contribution is 6.46. The van der Waals surface area contributed by atoms with Crippen molar-refractivity contribution in [2.45, 2.75) is 26.3 Å². The van der Waals surface area contributed by atoms with E-state index in [0.717, 1.165) is 24.4 Å². The van der Waals surface area contributed by atoms with E-state index in [0.29, 0.717) is 54.5 Å². The number of amides is 1. The molecule has 0 radical (unpaired) electrons. The largest absolute Gasteiger partial charge is 0.507 e. The third-order valence-corrected chi connectivity index (χ3v) is 7.06. The van der Waals surface area contributed by atoms with Gasteiger partial charge in [0.05, 0.1) is 39.6 Å². The minimum atomic E-state index is -0.839. The summed E-state index contributed by atoms with van der Waals surface area (Å²) in [5.41, 5.74) is 2.00. The van der Waals surface area contributed by atoms with E-state index in [-0.39, 0.29) is 11.3 Å². The summed E-state index contributed by atoms with van der Waals surface area (Å²) in [6, 6.07) is 7.89. The molecule has 0 saturated carbocycles. The van der Waals surface area contributed by atoms with Crippen molar-refractivity contribution < 1.29 is 33.6 Å². The summed E-state index contributed by atoms with van der Waals surface area (Å²) in [5, 5.41) is 11.5. The number of rotatable bonds is 10. The number of nitrogens with zero attached hydrogens (tertiary/aromatic N) is 2. The van der Waals surface area contributed by atoms with E-state index in [1.54, 1.807) is 24.3 Å². The average molecular weight is 511 g/mol. The zero-order valence-corrected chi connectivity index (χ0v) is 22.0. The summed E-state index contributed by atoms with van der Waals surface area (Å²) < 4.78 is 22.1. The molecule has 1 unspecified atom stereocenters. The van der Waals surface area contributed by atoms with Gasteiger partial charge >= 0.3 is 0 Å². The molecule has 2 aromatic rings. The molecule has 9 nitrogen and oxygen atoms in total. The first kappa shape index (κ1) is 26.3. The number of benzene rings is 2. The van der Waals surface area contributed by atoms with Crippen molar-refractivity contribution in [2.75, 3.05) is 54.1 Å². The highest BCUT2D eigenvalue weighted by atomic mass is 16.5. The molecule has 2 aromatic carbocycles. The van der Waals surface area contributed by atoms with E-state index in [1.165, 1.54) is 26.2 Å². The van der Waals surface area contributed by atoms with Crippen LogP contribution in [0, 0.1) is 0 Å².